The summed E-state index contributed by atoms with van der Waals surface area (Å²) in [5.74, 6) is 0. The van der Waals surface area contributed by atoms with Crippen molar-refractivity contribution >= 4 is 26.3 Å². The molecule has 6 heteroatoms. The van der Waals surface area contributed by atoms with E-state index in [0.29, 0.717) is 5.57 Å². The molecule has 4 nitrogen and oxygen atoms in total. The highest BCUT2D eigenvalue weighted by Gasteiger charge is 2.08. The van der Waals surface area contributed by atoms with E-state index >= 15 is 0 Å². The van der Waals surface area contributed by atoms with Crippen LogP contribution < -0.4 is 0 Å². The van der Waals surface area contributed by atoms with Crippen molar-refractivity contribution in [2.24, 2.45) is 0 Å². The number of allylic oxidation sites excluding steroid dienone is 1. The van der Waals surface area contributed by atoms with Crippen molar-refractivity contribution in [3.63, 3.8) is 0 Å². The van der Waals surface area contributed by atoms with Crippen LogP contribution in [0.4, 0.5) is 0 Å². The molecule has 0 saturated carbocycles. The molecule has 0 aliphatic heterocycles. The average molecular weight is 294 g/mol. The first-order valence-corrected chi connectivity index (χ1v) is 7.16. The second-order valence-corrected chi connectivity index (χ2v) is 3.35. The van der Waals surface area contributed by atoms with Crippen LogP contribution in [0.1, 0.15) is 27.7 Å². The number of hydrogen-bond donors (Lipinski definition) is 3. The smallest absolute Gasteiger partial charge is 0.327 e. The summed E-state index contributed by atoms with van der Waals surface area (Å²) in [7, 11) is -2.44. The molecule has 0 heterocycles. The number of hydrogen-bond acceptors (Lipinski definition) is 4. The zero-order chi connectivity index (χ0) is 15.1. The highest BCUT2D eigenvalue weighted by Crippen LogP contribution is 2.26. The second-order valence-electron chi connectivity index (χ2n) is 2.18. The molecule has 0 unspecified atom stereocenters. The second kappa shape index (κ2) is 16.6. The van der Waals surface area contributed by atoms with Crippen LogP contribution in [0.3, 0.4) is 0 Å². The Morgan fingerprint density at radius 3 is 1.89 bits per heavy atom. The van der Waals surface area contributed by atoms with Crippen molar-refractivity contribution in [2.45, 2.75) is 27.7 Å². The van der Waals surface area contributed by atoms with E-state index in [-0.39, 0.29) is 12.2 Å². The summed E-state index contributed by atoms with van der Waals surface area (Å²) in [6.45, 7) is 14.8. The van der Waals surface area contributed by atoms with Crippen LogP contribution in [0, 0.1) is 0 Å². The molecule has 0 amide bonds. The monoisotopic (exact) mass is 294 g/mol. The SMILES string of the molecule is C=C/C(COP(O)O)=C(\C=C)C(=O)S.CC.CC. The van der Waals surface area contributed by atoms with Crippen LogP contribution in [0.5, 0.6) is 0 Å². The summed E-state index contributed by atoms with van der Waals surface area (Å²) in [6, 6.07) is 0. The van der Waals surface area contributed by atoms with Gasteiger partial charge in [-0.3, -0.25) is 4.79 Å². The molecule has 0 fully saturated rings. The Morgan fingerprint density at radius 2 is 1.67 bits per heavy atom. The average Bonchev–Trinajstić information content (AvgIpc) is 2.38. The van der Waals surface area contributed by atoms with Gasteiger partial charge in [-0.15, -0.1) is 12.6 Å². The van der Waals surface area contributed by atoms with E-state index in [1.165, 1.54) is 12.2 Å². The predicted octanol–water partition coefficient (Wildman–Crippen LogP) is 3.39. The van der Waals surface area contributed by atoms with E-state index in [0.717, 1.165) is 0 Å². The Kier molecular flexibility index (Phi) is 20.9. The minimum absolute atomic E-state index is 0.115. The van der Waals surface area contributed by atoms with Crippen molar-refractivity contribution in [1.82, 2.24) is 0 Å². The number of carbonyl (C=O) groups excluding carboxylic acids is 1. The molecule has 0 aromatic carbocycles. The largest absolute Gasteiger partial charge is 0.328 e. The Morgan fingerprint density at radius 1 is 1.22 bits per heavy atom. The summed E-state index contributed by atoms with van der Waals surface area (Å²) in [5, 5.41) is -0.473. The molecule has 0 rings (SSSR count). The van der Waals surface area contributed by atoms with Gasteiger partial charge in [0.25, 0.3) is 0 Å². The van der Waals surface area contributed by atoms with Crippen LogP contribution in [-0.4, -0.2) is 21.5 Å². The highest BCUT2D eigenvalue weighted by atomic mass is 32.1. The fourth-order valence-corrected chi connectivity index (χ4v) is 1.22. The van der Waals surface area contributed by atoms with E-state index < -0.39 is 13.7 Å². The van der Waals surface area contributed by atoms with Gasteiger partial charge < -0.3 is 14.3 Å². The molecule has 0 aromatic rings. The fourth-order valence-electron chi connectivity index (χ4n) is 0.730. The van der Waals surface area contributed by atoms with Gasteiger partial charge >= 0.3 is 8.60 Å². The summed E-state index contributed by atoms with van der Waals surface area (Å²) in [5.41, 5.74) is 0.649. The molecule has 0 spiro atoms. The van der Waals surface area contributed by atoms with Gasteiger partial charge in [-0.2, -0.15) is 0 Å². The van der Waals surface area contributed by atoms with Gasteiger partial charge in [0.15, 0.2) is 0 Å². The molecule has 0 radical (unpaired) electrons. The third-order valence-corrected chi connectivity index (χ3v) is 1.96. The van der Waals surface area contributed by atoms with Crippen LogP contribution in [0.15, 0.2) is 36.5 Å². The zero-order valence-corrected chi connectivity index (χ0v) is 13.2. The topological polar surface area (TPSA) is 66.8 Å². The van der Waals surface area contributed by atoms with E-state index in [1.807, 2.05) is 27.7 Å². The van der Waals surface area contributed by atoms with E-state index in [9.17, 15) is 4.79 Å². The van der Waals surface area contributed by atoms with Crippen molar-refractivity contribution < 1.29 is 19.1 Å². The van der Waals surface area contributed by atoms with Gasteiger partial charge in [0.1, 0.15) is 0 Å². The lowest BCUT2D eigenvalue weighted by Gasteiger charge is -2.07. The van der Waals surface area contributed by atoms with Crippen molar-refractivity contribution in [3.05, 3.63) is 36.5 Å². The first kappa shape index (κ1) is 22.7. The Labute approximate surface area is 116 Å². The van der Waals surface area contributed by atoms with E-state index in [1.54, 1.807) is 0 Å². The highest BCUT2D eigenvalue weighted by molar-refractivity contribution is 7.97. The molecule has 0 aliphatic carbocycles. The zero-order valence-electron chi connectivity index (χ0n) is 11.4. The molecule has 2 N–H and O–H groups in total. The Hall–Kier alpha value is -0.450. The summed E-state index contributed by atoms with van der Waals surface area (Å²) < 4.78 is 4.54. The Bertz CT molecular complexity index is 275. The molecule has 0 atom stereocenters. The Balaban J connectivity index is -0.000000506. The number of thiol groups is 1. The van der Waals surface area contributed by atoms with Gasteiger partial charge in [0.05, 0.1) is 6.61 Å². The fraction of sp³-hybridized carbons (Fsp3) is 0.417. The van der Waals surface area contributed by atoms with Crippen LogP contribution >= 0.6 is 21.2 Å². The lowest BCUT2D eigenvalue weighted by Crippen LogP contribution is -2.00. The van der Waals surface area contributed by atoms with Gasteiger partial charge in [-0.25, -0.2) is 0 Å². The summed E-state index contributed by atoms with van der Waals surface area (Å²) in [4.78, 5) is 27.9. The lowest BCUT2D eigenvalue weighted by atomic mass is 10.1. The van der Waals surface area contributed by atoms with Crippen LogP contribution in [-0.2, 0) is 9.32 Å². The van der Waals surface area contributed by atoms with Crippen LogP contribution in [0.2, 0.25) is 0 Å². The minimum atomic E-state index is -2.44. The number of rotatable bonds is 6. The molecule has 18 heavy (non-hydrogen) atoms. The molecule has 106 valence electrons. The van der Waals surface area contributed by atoms with Crippen molar-refractivity contribution in [1.29, 1.82) is 0 Å². The van der Waals surface area contributed by atoms with Crippen LogP contribution in [0.25, 0.3) is 0 Å². The normalized spacial score (nSPS) is 10.2. The molecular formula is C12H23O4PS. The molecular weight excluding hydrogens is 271 g/mol. The summed E-state index contributed by atoms with van der Waals surface area (Å²) >= 11 is 3.62. The maximum atomic E-state index is 10.9. The third kappa shape index (κ3) is 12.0. The maximum Gasteiger partial charge on any atom is 0.327 e. The maximum absolute atomic E-state index is 10.9. The lowest BCUT2D eigenvalue weighted by molar-refractivity contribution is -0.107. The molecule has 0 saturated heterocycles. The van der Waals surface area contributed by atoms with Gasteiger partial charge in [0, 0.05) is 5.57 Å². The number of carbonyl (C=O) groups is 1. The minimum Gasteiger partial charge on any atom is -0.328 e. The van der Waals surface area contributed by atoms with Crippen molar-refractivity contribution in [3.8, 4) is 0 Å². The van der Waals surface area contributed by atoms with E-state index in [2.05, 4.69) is 30.3 Å². The van der Waals surface area contributed by atoms with Gasteiger partial charge in [-0.1, -0.05) is 53.0 Å². The standard InChI is InChI=1S/C8H11O4PS.2C2H6/c1-3-6(5-12-13(10)11)7(4-2)8(9)14;2*1-2/h3-4,10-11H,1-2,5H2,(H,9,14);2*1-2H3/b7-6-;;. The van der Waals surface area contributed by atoms with Gasteiger partial charge in [0.2, 0.25) is 5.12 Å². The van der Waals surface area contributed by atoms with Gasteiger partial charge in [-0.05, 0) is 5.57 Å². The molecule has 0 aliphatic rings. The predicted molar refractivity (Wildman–Crippen MR) is 81.4 cm³/mol. The molecule has 0 aromatic heterocycles. The molecule has 0 bridgehead atoms. The third-order valence-electron chi connectivity index (χ3n) is 1.36. The quantitative estimate of drug-likeness (QED) is 0.304. The van der Waals surface area contributed by atoms with Crippen molar-refractivity contribution in [2.75, 3.05) is 6.61 Å². The van der Waals surface area contributed by atoms with E-state index in [4.69, 9.17) is 9.79 Å². The summed E-state index contributed by atoms with van der Waals surface area (Å²) in [6.07, 6.45) is 2.69. The first-order valence-electron chi connectivity index (χ1n) is 5.55. The first-order chi connectivity index (χ1) is 8.52.